The molecule has 0 saturated carbocycles. The fourth-order valence-electron chi connectivity index (χ4n) is 5.37. The van der Waals surface area contributed by atoms with Crippen molar-refractivity contribution >= 4 is 41.2 Å². The van der Waals surface area contributed by atoms with Crippen molar-refractivity contribution in [2.75, 3.05) is 114 Å². The molecule has 15 heteroatoms. The monoisotopic (exact) mass is 659 g/mol. The summed E-state index contributed by atoms with van der Waals surface area (Å²) in [4.78, 5) is 61.9. The first-order valence-corrected chi connectivity index (χ1v) is 16.2. The van der Waals surface area contributed by atoms with E-state index in [1.165, 1.54) is 0 Å². The number of rotatable bonds is 9. The second kappa shape index (κ2) is 16.2. The smallest absolute Gasteiger partial charge is 0.323 e. The summed E-state index contributed by atoms with van der Waals surface area (Å²) in [5, 5.41) is 8.37. The summed E-state index contributed by atoms with van der Waals surface area (Å²) < 4.78 is 5.54. The molecule has 2 aliphatic heterocycles. The lowest BCUT2D eigenvalue weighted by molar-refractivity contribution is 0.0786. The molecule has 2 fully saturated rings. The van der Waals surface area contributed by atoms with Crippen molar-refractivity contribution in [3.05, 3.63) is 54.1 Å². The topological polar surface area (TPSA) is 151 Å². The molecule has 2 aliphatic rings. The number of likely N-dealkylation sites (N-methyl/N-ethyl adjacent to an activating group) is 2. The molecule has 256 valence electrons. The maximum Gasteiger partial charge on any atom is 0.323 e. The Labute approximate surface area is 281 Å². The Morgan fingerprint density at radius 3 is 1.96 bits per heavy atom. The molecule has 5 amide bonds. The largest absolute Gasteiger partial charge is 0.378 e. The van der Waals surface area contributed by atoms with Gasteiger partial charge in [-0.25, -0.2) is 9.59 Å². The van der Waals surface area contributed by atoms with Gasteiger partial charge in [-0.05, 0) is 69.0 Å². The van der Waals surface area contributed by atoms with Crippen molar-refractivity contribution < 1.29 is 19.1 Å². The summed E-state index contributed by atoms with van der Waals surface area (Å²) in [7, 11) is 7.35. The number of nitrogens with zero attached hydrogens (tertiary/aromatic N) is 8. The van der Waals surface area contributed by atoms with Gasteiger partial charge in [0.1, 0.15) is 0 Å². The number of benzene rings is 2. The number of ether oxygens (including phenoxy) is 1. The van der Waals surface area contributed by atoms with E-state index in [0.717, 1.165) is 18.5 Å². The fourth-order valence-corrected chi connectivity index (χ4v) is 5.37. The van der Waals surface area contributed by atoms with Crippen LogP contribution < -0.4 is 25.8 Å². The van der Waals surface area contributed by atoms with Crippen LogP contribution in [0.25, 0.3) is 11.4 Å². The molecule has 3 aromatic rings. The van der Waals surface area contributed by atoms with Gasteiger partial charge >= 0.3 is 12.1 Å². The molecule has 3 N–H and O–H groups in total. The molecule has 0 aliphatic carbocycles. The third-order valence-electron chi connectivity index (χ3n) is 8.21. The van der Waals surface area contributed by atoms with Crippen molar-refractivity contribution in [3.63, 3.8) is 0 Å². The first kappa shape index (κ1) is 34.3. The number of anilines is 4. The van der Waals surface area contributed by atoms with E-state index in [1.54, 1.807) is 60.3 Å². The molecule has 0 unspecified atom stereocenters. The molecule has 0 atom stereocenters. The molecule has 15 nitrogen and oxygen atoms in total. The number of hydrogen-bond acceptors (Lipinski definition) is 10. The first-order valence-electron chi connectivity index (χ1n) is 16.2. The third-order valence-corrected chi connectivity index (χ3v) is 8.21. The van der Waals surface area contributed by atoms with E-state index in [4.69, 9.17) is 19.7 Å². The zero-order valence-corrected chi connectivity index (χ0v) is 28.1. The summed E-state index contributed by atoms with van der Waals surface area (Å²) in [5.74, 6) is 1.59. The lowest BCUT2D eigenvalue weighted by Gasteiger charge is -2.28. The Morgan fingerprint density at radius 1 is 0.750 bits per heavy atom. The fraction of sp³-hybridized carbons (Fsp3) is 0.455. The summed E-state index contributed by atoms with van der Waals surface area (Å²) >= 11 is 0. The second-order valence-electron chi connectivity index (χ2n) is 12.0. The highest BCUT2D eigenvalue weighted by Gasteiger charge is 2.23. The molecule has 2 aromatic carbocycles. The van der Waals surface area contributed by atoms with Gasteiger partial charge in [0.25, 0.3) is 5.91 Å². The second-order valence-corrected chi connectivity index (χ2v) is 12.0. The standard InChI is InChI=1S/C33H45N11O4/c1-34-33(47)44-15-5-14-42(18-19-44)30-37-28(38-31(39-30)43-20-22-48-23-21-43)24-6-10-26(11-7-24)35-32(46)36-27-12-8-25(9-13-27)29(45)41(4)17-16-40(2)3/h6-13H,5,14-23H2,1-4H3,(H,34,47)(H2,35,36,46). The minimum absolute atomic E-state index is 0.0746. The Bertz CT molecular complexity index is 1550. The first-order chi connectivity index (χ1) is 23.2. The van der Waals surface area contributed by atoms with Gasteiger partial charge in [-0.15, -0.1) is 0 Å². The Hall–Kier alpha value is -5.02. The highest BCUT2D eigenvalue weighted by molar-refractivity contribution is 6.00. The summed E-state index contributed by atoms with van der Waals surface area (Å²) in [6.45, 7) is 6.48. The van der Waals surface area contributed by atoms with Gasteiger partial charge in [-0.3, -0.25) is 4.79 Å². The van der Waals surface area contributed by atoms with Crippen molar-refractivity contribution in [1.29, 1.82) is 0 Å². The number of morpholine rings is 1. The zero-order valence-electron chi connectivity index (χ0n) is 28.1. The van der Waals surface area contributed by atoms with Crippen LogP contribution in [0, 0.1) is 0 Å². The van der Waals surface area contributed by atoms with Crippen LogP contribution >= 0.6 is 0 Å². The Kier molecular flexibility index (Phi) is 11.6. The van der Waals surface area contributed by atoms with Gasteiger partial charge in [0.05, 0.1) is 13.2 Å². The minimum atomic E-state index is -0.408. The number of amides is 5. The van der Waals surface area contributed by atoms with Gasteiger partial charge < -0.3 is 45.2 Å². The SMILES string of the molecule is CNC(=O)N1CCCN(c2nc(-c3ccc(NC(=O)Nc4ccc(C(=O)N(C)CCN(C)C)cc4)cc3)nc(N3CCOCC3)n2)CC1. The summed E-state index contributed by atoms with van der Waals surface area (Å²) in [5.41, 5.74) is 2.49. The van der Waals surface area contributed by atoms with Crippen LogP contribution in [0.1, 0.15) is 16.8 Å². The highest BCUT2D eigenvalue weighted by Crippen LogP contribution is 2.24. The Morgan fingerprint density at radius 2 is 1.35 bits per heavy atom. The number of nitrogens with one attached hydrogen (secondary N) is 3. The maximum absolute atomic E-state index is 12.8. The predicted octanol–water partition coefficient (Wildman–Crippen LogP) is 2.50. The van der Waals surface area contributed by atoms with Crippen LogP contribution in [0.3, 0.4) is 0 Å². The quantitative estimate of drug-likeness (QED) is 0.313. The number of carbonyl (C=O) groups is 3. The molecule has 3 heterocycles. The molecule has 5 rings (SSSR count). The van der Waals surface area contributed by atoms with E-state index in [1.807, 2.05) is 31.1 Å². The molecule has 0 spiro atoms. The van der Waals surface area contributed by atoms with Crippen molar-refractivity contribution in [1.82, 2.24) is 35.0 Å². The number of aromatic nitrogens is 3. The third kappa shape index (κ3) is 9.07. The van der Waals surface area contributed by atoms with Gasteiger partial charge in [0.15, 0.2) is 5.82 Å². The number of hydrogen-bond donors (Lipinski definition) is 3. The average Bonchev–Trinajstić information content (AvgIpc) is 3.37. The van der Waals surface area contributed by atoms with Crippen LogP contribution in [0.4, 0.5) is 32.9 Å². The van der Waals surface area contributed by atoms with Crippen LogP contribution in [-0.2, 0) is 4.74 Å². The van der Waals surface area contributed by atoms with E-state index in [0.29, 0.717) is 93.7 Å². The van der Waals surface area contributed by atoms with Gasteiger partial charge in [-0.1, -0.05) is 0 Å². The van der Waals surface area contributed by atoms with Gasteiger partial charge in [0.2, 0.25) is 11.9 Å². The number of urea groups is 2. The lowest BCUT2D eigenvalue weighted by atomic mass is 10.2. The van der Waals surface area contributed by atoms with Crippen molar-refractivity contribution in [3.8, 4) is 11.4 Å². The van der Waals surface area contributed by atoms with Gasteiger partial charge in [-0.2, -0.15) is 15.0 Å². The van der Waals surface area contributed by atoms with E-state index in [2.05, 4.69) is 25.8 Å². The molecule has 0 bridgehead atoms. The average molecular weight is 660 g/mol. The van der Waals surface area contributed by atoms with Crippen molar-refractivity contribution in [2.45, 2.75) is 6.42 Å². The highest BCUT2D eigenvalue weighted by atomic mass is 16.5. The number of carbonyl (C=O) groups excluding carboxylic acids is 3. The molecular formula is C33H45N11O4. The molecule has 2 saturated heterocycles. The van der Waals surface area contributed by atoms with Crippen LogP contribution in [0.2, 0.25) is 0 Å². The maximum atomic E-state index is 12.8. The molecule has 1 aromatic heterocycles. The summed E-state index contributed by atoms with van der Waals surface area (Å²) in [6, 6.07) is 13.6. The normalized spacial score (nSPS) is 15.1. The van der Waals surface area contributed by atoms with E-state index < -0.39 is 6.03 Å². The summed E-state index contributed by atoms with van der Waals surface area (Å²) in [6.07, 6.45) is 0.792. The van der Waals surface area contributed by atoms with Crippen molar-refractivity contribution in [2.24, 2.45) is 0 Å². The lowest BCUT2D eigenvalue weighted by Crippen LogP contribution is -2.41. The van der Waals surface area contributed by atoms with Crippen LogP contribution in [-0.4, -0.2) is 141 Å². The Balaban J connectivity index is 1.25. The molecule has 48 heavy (non-hydrogen) atoms. The molecule has 0 radical (unpaired) electrons. The zero-order chi connectivity index (χ0) is 34.0. The van der Waals surface area contributed by atoms with E-state index in [9.17, 15) is 14.4 Å². The van der Waals surface area contributed by atoms with Gasteiger partial charge in [0, 0.05) is 89.0 Å². The van der Waals surface area contributed by atoms with E-state index >= 15 is 0 Å². The van der Waals surface area contributed by atoms with E-state index in [-0.39, 0.29) is 11.9 Å². The predicted molar refractivity (Wildman–Crippen MR) is 186 cm³/mol. The van der Waals surface area contributed by atoms with Crippen LogP contribution in [0.5, 0.6) is 0 Å². The minimum Gasteiger partial charge on any atom is -0.378 e. The van der Waals surface area contributed by atoms with Crippen LogP contribution in [0.15, 0.2) is 48.5 Å². The molecular weight excluding hydrogens is 614 g/mol.